The Morgan fingerprint density at radius 3 is 2.66 bits per heavy atom. The van der Waals surface area contributed by atoms with E-state index in [1.165, 1.54) is 12.1 Å². The summed E-state index contributed by atoms with van der Waals surface area (Å²) in [6.07, 6.45) is 4.26. The van der Waals surface area contributed by atoms with Gasteiger partial charge in [-0.2, -0.15) is 0 Å². The summed E-state index contributed by atoms with van der Waals surface area (Å²) >= 11 is 0. The lowest BCUT2D eigenvalue weighted by atomic mass is 9.76. The Kier molecular flexibility index (Phi) is 6.69. The molecular weight excluding hydrogens is 409 g/mol. The van der Waals surface area contributed by atoms with Gasteiger partial charge in [-0.15, -0.1) is 0 Å². The number of aromatic nitrogens is 1. The van der Waals surface area contributed by atoms with Gasteiger partial charge in [0, 0.05) is 32.4 Å². The topological polar surface area (TPSA) is 77.6 Å². The van der Waals surface area contributed by atoms with Crippen molar-refractivity contribution in [2.75, 3.05) is 26.7 Å². The zero-order valence-electron chi connectivity index (χ0n) is 18.4. The van der Waals surface area contributed by atoms with Gasteiger partial charge in [0.1, 0.15) is 5.82 Å². The third kappa shape index (κ3) is 5.24. The highest BCUT2D eigenvalue weighted by Gasteiger charge is 2.47. The lowest BCUT2D eigenvalue weighted by Gasteiger charge is -2.39. The van der Waals surface area contributed by atoms with Crippen LogP contribution in [-0.4, -0.2) is 59.4 Å². The molecule has 8 heteroatoms. The first-order valence-corrected chi connectivity index (χ1v) is 11.1. The zero-order chi connectivity index (χ0) is 22.6. The molecule has 2 aliphatic heterocycles. The van der Waals surface area contributed by atoms with Gasteiger partial charge in [-0.3, -0.25) is 14.7 Å². The molecule has 3 amide bonds. The standard InChI is InChI=1S/C24H30FN5O2/c1-29-17-24(14-21(29)22(31)27-16-20-7-2-3-10-26-20)8-11-30(12-9-24)23(32)28-15-18-5-4-6-19(25)13-18/h2-7,10,13,21H,8-9,11-12,14-17H2,1H3,(H,27,31)(H,28,32). The fraction of sp³-hybridized carbons (Fsp3) is 0.458. The summed E-state index contributed by atoms with van der Waals surface area (Å²) in [6, 6.07) is 11.6. The van der Waals surface area contributed by atoms with E-state index in [1.54, 1.807) is 18.3 Å². The van der Waals surface area contributed by atoms with Crippen molar-refractivity contribution >= 4 is 11.9 Å². The second-order valence-electron chi connectivity index (χ2n) is 8.95. The predicted molar refractivity (Wildman–Crippen MR) is 119 cm³/mol. The van der Waals surface area contributed by atoms with E-state index >= 15 is 0 Å². The Bertz CT molecular complexity index is 946. The van der Waals surface area contributed by atoms with E-state index in [-0.39, 0.29) is 29.2 Å². The average molecular weight is 440 g/mol. The van der Waals surface area contributed by atoms with Gasteiger partial charge in [-0.25, -0.2) is 9.18 Å². The van der Waals surface area contributed by atoms with Crippen molar-refractivity contribution in [3.63, 3.8) is 0 Å². The molecule has 32 heavy (non-hydrogen) atoms. The Balaban J connectivity index is 1.25. The molecule has 1 spiro atoms. The number of rotatable bonds is 5. The monoisotopic (exact) mass is 439 g/mol. The number of nitrogens with one attached hydrogen (secondary N) is 2. The zero-order valence-corrected chi connectivity index (χ0v) is 18.4. The summed E-state index contributed by atoms with van der Waals surface area (Å²) in [5, 5.41) is 5.90. The molecule has 1 atom stereocenters. The van der Waals surface area contributed by atoms with Gasteiger partial charge in [0.05, 0.1) is 18.3 Å². The molecular formula is C24H30FN5O2. The van der Waals surface area contributed by atoms with Crippen molar-refractivity contribution in [3.05, 3.63) is 65.7 Å². The number of halogens is 1. The van der Waals surface area contributed by atoms with Gasteiger partial charge >= 0.3 is 6.03 Å². The van der Waals surface area contributed by atoms with Crippen LogP contribution in [0.25, 0.3) is 0 Å². The van der Waals surface area contributed by atoms with Crippen LogP contribution in [0.3, 0.4) is 0 Å². The highest BCUT2D eigenvalue weighted by molar-refractivity contribution is 5.82. The van der Waals surface area contributed by atoms with Crippen molar-refractivity contribution < 1.29 is 14.0 Å². The van der Waals surface area contributed by atoms with E-state index in [2.05, 4.69) is 20.5 Å². The smallest absolute Gasteiger partial charge is 0.317 e. The van der Waals surface area contributed by atoms with Gasteiger partial charge in [0.25, 0.3) is 0 Å². The molecule has 1 aromatic carbocycles. The lowest BCUT2D eigenvalue weighted by molar-refractivity contribution is -0.125. The number of likely N-dealkylation sites (N-methyl/N-ethyl adjacent to an activating group) is 1. The maximum Gasteiger partial charge on any atom is 0.317 e. The summed E-state index contributed by atoms with van der Waals surface area (Å²) in [5.74, 6) is -0.272. The Morgan fingerprint density at radius 1 is 1.12 bits per heavy atom. The normalized spacial score (nSPS) is 20.3. The fourth-order valence-electron chi connectivity index (χ4n) is 4.84. The van der Waals surface area contributed by atoms with E-state index in [1.807, 2.05) is 30.1 Å². The number of hydrogen-bond donors (Lipinski definition) is 2. The highest BCUT2D eigenvalue weighted by atomic mass is 19.1. The Hall–Kier alpha value is -3.00. The molecule has 2 N–H and O–H groups in total. The minimum absolute atomic E-state index is 0.0327. The van der Waals surface area contributed by atoms with Crippen molar-refractivity contribution in [2.45, 2.75) is 38.4 Å². The SMILES string of the molecule is CN1CC2(CCN(C(=O)NCc3cccc(F)c3)CC2)CC1C(=O)NCc1ccccn1. The molecule has 170 valence electrons. The number of hydrogen-bond acceptors (Lipinski definition) is 4. The van der Waals surface area contributed by atoms with Gasteiger partial charge < -0.3 is 15.5 Å². The van der Waals surface area contributed by atoms with Crippen molar-refractivity contribution in [1.29, 1.82) is 0 Å². The molecule has 2 fully saturated rings. The van der Waals surface area contributed by atoms with Crippen LogP contribution >= 0.6 is 0 Å². The summed E-state index contributed by atoms with van der Waals surface area (Å²) < 4.78 is 13.3. The first-order chi connectivity index (χ1) is 15.4. The molecule has 2 aromatic rings. The lowest BCUT2D eigenvalue weighted by Crippen LogP contribution is -2.47. The number of carbonyl (C=O) groups is 2. The molecule has 1 unspecified atom stereocenters. The number of benzene rings is 1. The van der Waals surface area contributed by atoms with Crippen LogP contribution in [0.2, 0.25) is 0 Å². The number of nitrogens with zero attached hydrogens (tertiary/aromatic N) is 3. The molecule has 2 aliphatic rings. The van der Waals surface area contributed by atoms with Crippen molar-refractivity contribution in [2.24, 2.45) is 5.41 Å². The maximum absolute atomic E-state index is 13.3. The van der Waals surface area contributed by atoms with Crippen LogP contribution in [-0.2, 0) is 17.9 Å². The van der Waals surface area contributed by atoms with Gasteiger partial charge in [0.2, 0.25) is 5.91 Å². The second kappa shape index (κ2) is 9.65. The van der Waals surface area contributed by atoms with Crippen LogP contribution in [0.5, 0.6) is 0 Å². The van der Waals surface area contributed by atoms with Crippen LogP contribution < -0.4 is 10.6 Å². The first kappa shape index (κ1) is 22.2. The molecule has 7 nitrogen and oxygen atoms in total. The van der Waals surface area contributed by atoms with E-state index in [9.17, 15) is 14.0 Å². The third-order valence-electron chi connectivity index (χ3n) is 6.66. The summed E-state index contributed by atoms with van der Waals surface area (Å²) in [6.45, 7) is 2.90. The average Bonchev–Trinajstić information content (AvgIpc) is 3.12. The molecule has 1 aromatic heterocycles. The number of urea groups is 1. The highest BCUT2D eigenvalue weighted by Crippen LogP contribution is 2.42. The molecule has 3 heterocycles. The van der Waals surface area contributed by atoms with Crippen molar-refractivity contribution in [3.8, 4) is 0 Å². The molecule has 0 aliphatic carbocycles. The van der Waals surface area contributed by atoms with E-state index in [0.29, 0.717) is 26.2 Å². The number of pyridine rings is 1. The Morgan fingerprint density at radius 2 is 1.94 bits per heavy atom. The number of carbonyl (C=O) groups excluding carboxylic acids is 2. The third-order valence-corrected chi connectivity index (χ3v) is 6.66. The molecule has 4 rings (SSSR count). The summed E-state index contributed by atoms with van der Waals surface area (Å²) in [4.78, 5) is 33.6. The van der Waals surface area contributed by atoms with Gasteiger partial charge in [-0.05, 0) is 61.6 Å². The van der Waals surface area contributed by atoms with Crippen LogP contribution in [0.1, 0.15) is 30.5 Å². The molecule has 2 saturated heterocycles. The van der Waals surface area contributed by atoms with E-state index < -0.39 is 0 Å². The quantitative estimate of drug-likeness (QED) is 0.751. The number of likely N-dealkylation sites (tertiary alicyclic amines) is 2. The molecule has 0 saturated carbocycles. The number of piperidine rings is 1. The van der Waals surface area contributed by atoms with E-state index in [0.717, 1.165) is 37.1 Å². The Labute approximate surface area is 188 Å². The minimum Gasteiger partial charge on any atom is -0.349 e. The van der Waals surface area contributed by atoms with Gasteiger partial charge in [0.15, 0.2) is 0 Å². The predicted octanol–water partition coefficient (Wildman–Crippen LogP) is 2.53. The summed E-state index contributed by atoms with van der Waals surface area (Å²) in [5.41, 5.74) is 1.64. The largest absolute Gasteiger partial charge is 0.349 e. The minimum atomic E-state index is -0.305. The van der Waals surface area contributed by atoms with Crippen molar-refractivity contribution in [1.82, 2.24) is 25.4 Å². The van der Waals surface area contributed by atoms with Crippen LogP contribution in [0, 0.1) is 11.2 Å². The van der Waals surface area contributed by atoms with Crippen LogP contribution in [0.15, 0.2) is 48.7 Å². The molecule has 0 bridgehead atoms. The number of amides is 3. The maximum atomic E-state index is 13.3. The summed E-state index contributed by atoms with van der Waals surface area (Å²) in [7, 11) is 2.00. The van der Waals surface area contributed by atoms with Crippen LogP contribution in [0.4, 0.5) is 9.18 Å². The second-order valence-corrected chi connectivity index (χ2v) is 8.95. The van der Waals surface area contributed by atoms with E-state index in [4.69, 9.17) is 0 Å². The molecule has 0 radical (unpaired) electrons. The first-order valence-electron chi connectivity index (χ1n) is 11.1. The fourth-order valence-corrected chi connectivity index (χ4v) is 4.84. The van der Waals surface area contributed by atoms with Gasteiger partial charge in [-0.1, -0.05) is 18.2 Å².